The molecule has 2 amide bonds. The molecule has 0 bridgehead atoms. The summed E-state index contributed by atoms with van der Waals surface area (Å²) in [5.74, 6) is 0.454. The summed E-state index contributed by atoms with van der Waals surface area (Å²) < 4.78 is 10.6. The number of hydrogen-bond donors (Lipinski definition) is 1. The third kappa shape index (κ3) is 2.79. The van der Waals surface area contributed by atoms with Gasteiger partial charge in [0, 0.05) is 19.2 Å². The Bertz CT molecular complexity index is 673. The summed E-state index contributed by atoms with van der Waals surface area (Å²) >= 11 is 0. The molecule has 1 saturated heterocycles. The standard InChI is InChI=1S/C17H23N3O4/c1-16(2,3)24-15(22)20-7-5-17(6-8-20)11-9-13(23-4)18-10-12(11)19-14(17)21/h9-10H,5-8H2,1-4H3,(H,19,21). The molecule has 1 spiro atoms. The van der Waals surface area contributed by atoms with E-state index in [2.05, 4.69) is 10.3 Å². The van der Waals surface area contributed by atoms with Gasteiger partial charge in [-0.15, -0.1) is 0 Å². The normalized spacial score (nSPS) is 19.0. The minimum Gasteiger partial charge on any atom is -0.481 e. The van der Waals surface area contributed by atoms with E-state index in [0.717, 1.165) is 11.3 Å². The number of carbonyl (C=O) groups is 2. The number of aromatic nitrogens is 1. The van der Waals surface area contributed by atoms with Crippen LogP contribution in [0.2, 0.25) is 0 Å². The quantitative estimate of drug-likeness (QED) is 0.853. The van der Waals surface area contributed by atoms with E-state index in [1.165, 1.54) is 0 Å². The van der Waals surface area contributed by atoms with Crippen LogP contribution in [0.5, 0.6) is 5.88 Å². The Kier molecular flexibility index (Phi) is 3.89. The first-order chi connectivity index (χ1) is 11.2. The van der Waals surface area contributed by atoms with Crippen molar-refractivity contribution in [1.29, 1.82) is 0 Å². The summed E-state index contributed by atoms with van der Waals surface area (Å²) in [7, 11) is 1.55. The second-order valence-electron chi connectivity index (χ2n) is 7.28. The average molecular weight is 333 g/mol. The van der Waals surface area contributed by atoms with Crippen molar-refractivity contribution < 1.29 is 19.1 Å². The number of hydrogen-bond acceptors (Lipinski definition) is 5. The van der Waals surface area contributed by atoms with Gasteiger partial charge in [-0.25, -0.2) is 9.78 Å². The Hall–Kier alpha value is -2.31. The van der Waals surface area contributed by atoms with Gasteiger partial charge in [0.15, 0.2) is 0 Å². The van der Waals surface area contributed by atoms with E-state index in [1.54, 1.807) is 18.2 Å². The highest BCUT2D eigenvalue weighted by molar-refractivity contribution is 6.06. The van der Waals surface area contributed by atoms with Crippen LogP contribution in [0.4, 0.5) is 10.5 Å². The molecule has 7 heteroatoms. The Morgan fingerprint density at radius 3 is 2.58 bits per heavy atom. The van der Waals surface area contributed by atoms with Gasteiger partial charge < -0.3 is 19.7 Å². The molecule has 0 atom stereocenters. The second kappa shape index (κ2) is 5.65. The van der Waals surface area contributed by atoms with Crippen LogP contribution < -0.4 is 10.1 Å². The van der Waals surface area contributed by atoms with Crippen LogP contribution in [0.3, 0.4) is 0 Å². The summed E-state index contributed by atoms with van der Waals surface area (Å²) in [6.07, 6.45) is 2.40. The van der Waals surface area contributed by atoms with Gasteiger partial charge in [-0.3, -0.25) is 4.79 Å². The molecule has 1 fully saturated rings. The summed E-state index contributed by atoms with van der Waals surface area (Å²) in [4.78, 5) is 30.6. The molecule has 2 aliphatic rings. The van der Waals surface area contributed by atoms with Gasteiger partial charge in [-0.05, 0) is 39.2 Å². The average Bonchev–Trinajstić information content (AvgIpc) is 2.78. The maximum Gasteiger partial charge on any atom is 0.410 e. The number of anilines is 1. The van der Waals surface area contributed by atoms with E-state index in [0.29, 0.717) is 31.8 Å². The molecule has 24 heavy (non-hydrogen) atoms. The highest BCUT2D eigenvalue weighted by Gasteiger charge is 2.49. The number of ether oxygens (including phenoxy) is 2. The maximum absolute atomic E-state index is 12.6. The van der Waals surface area contributed by atoms with Gasteiger partial charge in [-0.1, -0.05) is 0 Å². The molecular weight excluding hydrogens is 310 g/mol. The number of fused-ring (bicyclic) bond motifs is 2. The summed E-state index contributed by atoms with van der Waals surface area (Å²) in [6, 6.07) is 1.82. The van der Waals surface area contributed by atoms with Crippen LogP contribution in [0.25, 0.3) is 0 Å². The number of likely N-dealkylation sites (tertiary alicyclic amines) is 1. The molecule has 1 aromatic rings. The maximum atomic E-state index is 12.6. The molecule has 3 heterocycles. The number of rotatable bonds is 1. The number of nitrogens with zero attached hydrogens (tertiary/aromatic N) is 2. The number of pyridine rings is 1. The van der Waals surface area contributed by atoms with Gasteiger partial charge in [0.05, 0.1) is 24.4 Å². The number of carbonyl (C=O) groups excluding carboxylic acids is 2. The van der Waals surface area contributed by atoms with E-state index in [4.69, 9.17) is 9.47 Å². The molecule has 130 valence electrons. The van der Waals surface area contributed by atoms with Gasteiger partial charge in [0.2, 0.25) is 11.8 Å². The predicted molar refractivity (Wildman–Crippen MR) is 88.1 cm³/mol. The fraction of sp³-hybridized carbons (Fsp3) is 0.588. The zero-order valence-corrected chi connectivity index (χ0v) is 14.5. The van der Waals surface area contributed by atoms with Crippen LogP contribution in [-0.2, 0) is 14.9 Å². The van der Waals surface area contributed by atoms with E-state index in [9.17, 15) is 9.59 Å². The lowest BCUT2D eigenvalue weighted by molar-refractivity contribution is -0.122. The zero-order chi connectivity index (χ0) is 17.5. The third-order valence-electron chi connectivity index (χ3n) is 4.56. The smallest absolute Gasteiger partial charge is 0.410 e. The molecule has 1 N–H and O–H groups in total. The molecule has 0 radical (unpaired) electrons. The predicted octanol–water partition coefficient (Wildman–Crippen LogP) is 2.31. The molecule has 2 aliphatic heterocycles. The number of piperidine rings is 1. The van der Waals surface area contributed by atoms with E-state index >= 15 is 0 Å². The Balaban J connectivity index is 1.79. The first-order valence-corrected chi connectivity index (χ1v) is 8.09. The second-order valence-corrected chi connectivity index (χ2v) is 7.28. The first-order valence-electron chi connectivity index (χ1n) is 8.09. The molecular formula is C17H23N3O4. The van der Waals surface area contributed by atoms with Crippen molar-refractivity contribution in [2.24, 2.45) is 0 Å². The zero-order valence-electron chi connectivity index (χ0n) is 14.5. The first kappa shape index (κ1) is 16.5. The lowest BCUT2D eigenvalue weighted by Gasteiger charge is -2.38. The Morgan fingerprint density at radius 1 is 1.33 bits per heavy atom. The van der Waals surface area contributed by atoms with Gasteiger partial charge >= 0.3 is 6.09 Å². The van der Waals surface area contributed by atoms with Crippen molar-refractivity contribution in [1.82, 2.24) is 9.88 Å². The van der Waals surface area contributed by atoms with E-state index in [1.807, 2.05) is 26.8 Å². The van der Waals surface area contributed by atoms with Crippen molar-refractivity contribution in [3.63, 3.8) is 0 Å². The van der Waals surface area contributed by atoms with Crippen molar-refractivity contribution in [3.8, 4) is 5.88 Å². The van der Waals surface area contributed by atoms with Crippen molar-refractivity contribution in [3.05, 3.63) is 17.8 Å². The summed E-state index contributed by atoms with van der Waals surface area (Å²) in [6.45, 7) is 6.49. The number of methoxy groups -OCH3 is 1. The lowest BCUT2D eigenvalue weighted by Crippen LogP contribution is -2.49. The highest BCUT2D eigenvalue weighted by atomic mass is 16.6. The van der Waals surface area contributed by atoms with E-state index < -0.39 is 11.0 Å². The van der Waals surface area contributed by atoms with Gasteiger partial charge in [0.25, 0.3) is 0 Å². The SMILES string of the molecule is COc1cc2c(cn1)NC(=O)C21CCN(C(=O)OC(C)(C)C)CC1. The topological polar surface area (TPSA) is 80.8 Å². The lowest BCUT2D eigenvalue weighted by atomic mass is 9.74. The molecule has 0 unspecified atom stereocenters. The van der Waals surface area contributed by atoms with Crippen LogP contribution in [0.15, 0.2) is 12.3 Å². The van der Waals surface area contributed by atoms with Gasteiger partial charge in [-0.2, -0.15) is 0 Å². The van der Waals surface area contributed by atoms with E-state index in [-0.39, 0.29) is 12.0 Å². The molecule has 7 nitrogen and oxygen atoms in total. The fourth-order valence-corrected chi connectivity index (χ4v) is 3.30. The molecule has 0 aliphatic carbocycles. The minimum atomic E-state index is -0.621. The highest BCUT2D eigenvalue weighted by Crippen LogP contribution is 2.45. The largest absolute Gasteiger partial charge is 0.481 e. The minimum absolute atomic E-state index is 0.0311. The van der Waals surface area contributed by atoms with Crippen molar-refractivity contribution in [2.75, 3.05) is 25.5 Å². The molecule has 0 saturated carbocycles. The monoisotopic (exact) mass is 333 g/mol. The van der Waals surface area contributed by atoms with Crippen molar-refractivity contribution >= 4 is 17.7 Å². The summed E-state index contributed by atoms with van der Waals surface area (Å²) in [5, 5.41) is 2.90. The molecule has 1 aromatic heterocycles. The Morgan fingerprint density at radius 2 is 2.00 bits per heavy atom. The Labute approximate surface area is 141 Å². The third-order valence-corrected chi connectivity index (χ3v) is 4.56. The van der Waals surface area contributed by atoms with Crippen LogP contribution >= 0.6 is 0 Å². The molecule has 0 aromatic carbocycles. The van der Waals surface area contributed by atoms with Gasteiger partial charge in [0.1, 0.15) is 5.60 Å². The van der Waals surface area contributed by atoms with Crippen LogP contribution in [0, 0.1) is 0 Å². The van der Waals surface area contributed by atoms with Crippen LogP contribution in [0.1, 0.15) is 39.2 Å². The summed E-state index contributed by atoms with van der Waals surface area (Å²) in [5.41, 5.74) is 0.488. The van der Waals surface area contributed by atoms with Crippen molar-refractivity contribution in [2.45, 2.75) is 44.6 Å². The number of nitrogens with one attached hydrogen (secondary N) is 1. The van der Waals surface area contributed by atoms with Crippen LogP contribution in [-0.4, -0.2) is 47.7 Å². The fourth-order valence-electron chi connectivity index (χ4n) is 3.30. The number of amides is 2. The molecule has 3 rings (SSSR count).